The molecule has 4 bridgehead atoms. The van der Waals surface area contributed by atoms with E-state index in [1.807, 2.05) is 23.1 Å². The molecule has 0 radical (unpaired) electrons. The van der Waals surface area contributed by atoms with Gasteiger partial charge in [-0.2, -0.15) is 0 Å². The van der Waals surface area contributed by atoms with Gasteiger partial charge < -0.3 is 14.5 Å². The standard InChI is InChI=1S/C22H27ClN2O3/c23-22-13-16-10-17(14-22)12-21(11-16,15-22)19(26)24-6-8-25(9-7-24)20(27)28-18-4-2-1-3-5-18/h1-5,16-17H,6-15H2. The Morgan fingerprint density at radius 1 is 0.929 bits per heavy atom. The monoisotopic (exact) mass is 402 g/mol. The number of alkyl halides is 1. The summed E-state index contributed by atoms with van der Waals surface area (Å²) in [6.07, 6.45) is 5.93. The van der Waals surface area contributed by atoms with Gasteiger partial charge in [-0.15, -0.1) is 11.6 Å². The average Bonchev–Trinajstić information content (AvgIpc) is 2.66. The second-order valence-corrected chi connectivity index (χ2v) is 10.2. The summed E-state index contributed by atoms with van der Waals surface area (Å²) in [5.74, 6) is 2.06. The molecule has 5 fully saturated rings. The van der Waals surface area contributed by atoms with Crippen LogP contribution in [0.4, 0.5) is 4.79 Å². The van der Waals surface area contributed by atoms with E-state index in [1.54, 1.807) is 17.0 Å². The van der Waals surface area contributed by atoms with Crippen molar-refractivity contribution >= 4 is 23.6 Å². The third-order valence-electron chi connectivity index (χ3n) is 7.22. The number of amides is 2. The Hall–Kier alpha value is -1.75. The first kappa shape index (κ1) is 18.3. The molecule has 28 heavy (non-hydrogen) atoms. The largest absolute Gasteiger partial charge is 0.415 e. The van der Waals surface area contributed by atoms with E-state index >= 15 is 0 Å². The van der Waals surface area contributed by atoms with Crippen LogP contribution in [0.5, 0.6) is 5.75 Å². The van der Waals surface area contributed by atoms with Crippen molar-refractivity contribution in [3.8, 4) is 5.75 Å². The Labute approximate surface area is 171 Å². The molecule has 2 atom stereocenters. The van der Waals surface area contributed by atoms with E-state index < -0.39 is 0 Å². The average molecular weight is 403 g/mol. The predicted molar refractivity (Wildman–Crippen MR) is 106 cm³/mol. The maximum absolute atomic E-state index is 13.5. The zero-order chi connectivity index (χ0) is 19.4. The molecule has 1 saturated heterocycles. The molecule has 1 heterocycles. The van der Waals surface area contributed by atoms with E-state index in [2.05, 4.69) is 0 Å². The number of carbonyl (C=O) groups is 2. The lowest BCUT2D eigenvalue weighted by atomic mass is 9.49. The maximum Gasteiger partial charge on any atom is 0.415 e. The fourth-order valence-corrected chi connectivity index (χ4v) is 7.17. The van der Waals surface area contributed by atoms with Gasteiger partial charge in [0.1, 0.15) is 5.75 Å². The highest BCUT2D eigenvalue weighted by molar-refractivity contribution is 6.24. The number of piperazine rings is 1. The molecule has 2 amide bonds. The minimum Gasteiger partial charge on any atom is -0.410 e. The Bertz CT molecular complexity index is 761. The number of para-hydroxylation sites is 1. The van der Waals surface area contributed by atoms with Gasteiger partial charge in [0.15, 0.2) is 0 Å². The predicted octanol–water partition coefficient (Wildman–Crippen LogP) is 3.91. The summed E-state index contributed by atoms with van der Waals surface area (Å²) in [5, 5.41) is 0. The summed E-state index contributed by atoms with van der Waals surface area (Å²) in [5.41, 5.74) is -0.251. The number of rotatable bonds is 2. The van der Waals surface area contributed by atoms with E-state index in [0.29, 0.717) is 43.8 Å². The molecule has 6 heteroatoms. The number of halogens is 1. The minimum atomic E-state index is -0.340. The fourth-order valence-electron chi connectivity index (χ4n) is 6.48. The molecule has 2 unspecified atom stereocenters. The third-order valence-corrected chi connectivity index (χ3v) is 7.66. The van der Waals surface area contributed by atoms with Crippen molar-refractivity contribution in [3.63, 3.8) is 0 Å². The lowest BCUT2D eigenvalue weighted by Crippen LogP contribution is -2.61. The van der Waals surface area contributed by atoms with Gasteiger partial charge >= 0.3 is 6.09 Å². The first-order valence-electron chi connectivity index (χ1n) is 10.4. The molecule has 6 rings (SSSR count). The molecule has 5 aliphatic rings. The smallest absolute Gasteiger partial charge is 0.410 e. The van der Waals surface area contributed by atoms with E-state index in [-0.39, 0.29) is 22.3 Å². The Kier molecular flexibility index (Phi) is 4.34. The van der Waals surface area contributed by atoms with Crippen LogP contribution in [0, 0.1) is 17.3 Å². The van der Waals surface area contributed by atoms with Crippen LogP contribution in [0.3, 0.4) is 0 Å². The number of carbonyl (C=O) groups excluding carboxylic acids is 2. The number of hydrogen-bond acceptors (Lipinski definition) is 3. The summed E-state index contributed by atoms with van der Waals surface area (Å²) in [7, 11) is 0. The molecular weight excluding hydrogens is 376 g/mol. The lowest BCUT2D eigenvalue weighted by molar-refractivity contribution is -0.157. The Balaban J connectivity index is 1.21. The zero-order valence-electron chi connectivity index (χ0n) is 16.1. The van der Waals surface area contributed by atoms with Crippen LogP contribution in [-0.4, -0.2) is 52.9 Å². The Morgan fingerprint density at radius 3 is 2.14 bits per heavy atom. The van der Waals surface area contributed by atoms with Gasteiger partial charge in [-0.25, -0.2) is 4.79 Å². The van der Waals surface area contributed by atoms with Crippen LogP contribution in [0.2, 0.25) is 0 Å². The first-order chi connectivity index (χ1) is 13.4. The van der Waals surface area contributed by atoms with E-state index in [1.165, 1.54) is 6.42 Å². The van der Waals surface area contributed by atoms with Gasteiger partial charge in [0, 0.05) is 31.1 Å². The molecule has 0 aromatic heterocycles. The Morgan fingerprint density at radius 2 is 1.54 bits per heavy atom. The van der Waals surface area contributed by atoms with E-state index in [9.17, 15) is 9.59 Å². The van der Waals surface area contributed by atoms with Gasteiger partial charge in [0.2, 0.25) is 5.91 Å². The molecule has 1 aromatic carbocycles. The van der Waals surface area contributed by atoms with Crippen molar-refractivity contribution in [2.75, 3.05) is 26.2 Å². The second-order valence-electron chi connectivity index (χ2n) is 9.35. The number of hydrogen-bond donors (Lipinski definition) is 0. The highest BCUT2D eigenvalue weighted by atomic mass is 35.5. The highest BCUT2D eigenvalue weighted by Gasteiger charge is 2.60. The van der Waals surface area contributed by atoms with Crippen molar-refractivity contribution in [3.05, 3.63) is 30.3 Å². The molecule has 5 nitrogen and oxygen atoms in total. The summed E-state index contributed by atoms with van der Waals surface area (Å²) in [6, 6.07) is 9.11. The maximum atomic E-state index is 13.5. The van der Waals surface area contributed by atoms with Gasteiger partial charge in [-0.3, -0.25) is 4.79 Å². The van der Waals surface area contributed by atoms with E-state index in [4.69, 9.17) is 16.3 Å². The van der Waals surface area contributed by atoms with Gasteiger partial charge in [-0.1, -0.05) is 18.2 Å². The third kappa shape index (κ3) is 3.18. The molecular formula is C22H27ClN2O3. The summed E-state index contributed by atoms with van der Waals surface area (Å²) in [6.45, 7) is 2.20. The van der Waals surface area contributed by atoms with Crippen molar-refractivity contribution in [1.29, 1.82) is 0 Å². The summed E-state index contributed by atoms with van der Waals surface area (Å²) < 4.78 is 5.43. The normalized spacial score (nSPS) is 36.5. The van der Waals surface area contributed by atoms with Crippen molar-refractivity contribution in [2.45, 2.75) is 43.4 Å². The first-order valence-corrected chi connectivity index (χ1v) is 10.8. The fraction of sp³-hybridized carbons (Fsp3) is 0.636. The topological polar surface area (TPSA) is 49.9 Å². The van der Waals surface area contributed by atoms with Crippen LogP contribution >= 0.6 is 11.6 Å². The number of nitrogens with zero attached hydrogens (tertiary/aromatic N) is 2. The zero-order valence-corrected chi connectivity index (χ0v) is 16.9. The van der Waals surface area contributed by atoms with Gasteiger partial charge in [0.05, 0.1) is 5.41 Å². The molecule has 1 aromatic rings. The van der Waals surface area contributed by atoms with Crippen molar-refractivity contribution in [2.24, 2.45) is 17.3 Å². The van der Waals surface area contributed by atoms with Gasteiger partial charge in [-0.05, 0) is 62.5 Å². The van der Waals surface area contributed by atoms with Crippen LogP contribution in [-0.2, 0) is 4.79 Å². The molecule has 0 N–H and O–H groups in total. The summed E-state index contributed by atoms with van der Waals surface area (Å²) in [4.78, 5) is 29.4. The molecule has 150 valence electrons. The quantitative estimate of drug-likeness (QED) is 0.705. The number of benzene rings is 1. The van der Waals surface area contributed by atoms with Crippen LogP contribution in [0.1, 0.15) is 38.5 Å². The SMILES string of the molecule is O=C(Oc1ccccc1)N1CCN(C(=O)C23CC4CC(CC(Cl)(C4)C2)C3)CC1. The second kappa shape index (κ2) is 6.65. The van der Waals surface area contributed by atoms with E-state index in [0.717, 1.165) is 32.1 Å². The lowest BCUT2D eigenvalue weighted by Gasteiger charge is -2.60. The number of ether oxygens (including phenoxy) is 1. The summed E-state index contributed by atoms with van der Waals surface area (Å²) >= 11 is 6.91. The van der Waals surface area contributed by atoms with Crippen LogP contribution < -0.4 is 4.74 Å². The van der Waals surface area contributed by atoms with Crippen LogP contribution in [0.25, 0.3) is 0 Å². The minimum absolute atomic E-state index is 0.152. The van der Waals surface area contributed by atoms with Crippen LogP contribution in [0.15, 0.2) is 30.3 Å². The molecule has 4 aliphatic carbocycles. The van der Waals surface area contributed by atoms with Crippen molar-refractivity contribution in [1.82, 2.24) is 9.80 Å². The molecule has 0 spiro atoms. The molecule has 4 saturated carbocycles. The highest BCUT2D eigenvalue weighted by Crippen LogP contribution is 2.64. The van der Waals surface area contributed by atoms with Crippen molar-refractivity contribution < 1.29 is 14.3 Å². The van der Waals surface area contributed by atoms with Gasteiger partial charge in [0.25, 0.3) is 0 Å². The molecule has 1 aliphatic heterocycles.